The van der Waals surface area contributed by atoms with Gasteiger partial charge in [0.1, 0.15) is 18.5 Å². The summed E-state index contributed by atoms with van der Waals surface area (Å²) in [6.07, 6.45) is -1.09. The average molecular weight is 734 g/mol. The van der Waals surface area contributed by atoms with Crippen molar-refractivity contribution in [3.63, 3.8) is 0 Å². The molecule has 0 unspecified atom stereocenters. The normalized spacial score (nSPS) is 19.7. The van der Waals surface area contributed by atoms with Gasteiger partial charge < -0.3 is 38.8 Å². The Morgan fingerprint density at radius 2 is 1.70 bits per heavy atom. The minimum atomic E-state index is -0.910. The predicted molar refractivity (Wildman–Crippen MR) is 201 cm³/mol. The van der Waals surface area contributed by atoms with Crippen LogP contribution in [0.2, 0.25) is 0 Å². The second-order valence-corrected chi connectivity index (χ2v) is 14.6. The van der Waals surface area contributed by atoms with E-state index in [4.69, 9.17) is 28.4 Å². The van der Waals surface area contributed by atoms with Crippen molar-refractivity contribution in [3.05, 3.63) is 113 Å². The topological polar surface area (TPSA) is 132 Å². The molecule has 0 saturated carbocycles. The van der Waals surface area contributed by atoms with Gasteiger partial charge in [-0.05, 0) is 76.9 Å². The second kappa shape index (κ2) is 17.3. The fourth-order valence-corrected chi connectivity index (χ4v) is 7.32. The maximum atomic E-state index is 13.3. The molecule has 0 bridgehead atoms. The number of hydrogen-bond acceptors (Lipinski definition) is 10. The summed E-state index contributed by atoms with van der Waals surface area (Å²) in [4.78, 5) is 15.5. The van der Waals surface area contributed by atoms with E-state index in [0.29, 0.717) is 55.7 Å². The summed E-state index contributed by atoms with van der Waals surface area (Å²) in [5.74, 6) is 2.49. The Hall–Kier alpha value is -5.12. The standard InChI is InChI=1S/C43H47N3O8/c1-28(2)22-46(23-31-11-16-39-40(20-31)53-27-52-39)24-38(47)37(45-43(48)54-41-26-51-42-36(41)17-18-49-42)19-29-9-14-34(15-10-29)50-25-30-7-12-32(13-8-30)35-6-4-3-5-33(35)21-44/h3-16,20,28,36-38,41-42,47H,17-19,22-27H2,1-2H3,(H,45,48)/t36-,37-,38+,41-,42+/m0/s1. The minimum Gasteiger partial charge on any atom is -0.489 e. The molecule has 0 radical (unpaired) electrons. The van der Waals surface area contributed by atoms with Crippen molar-refractivity contribution < 1.29 is 38.3 Å². The van der Waals surface area contributed by atoms with Gasteiger partial charge in [-0.1, -0.05) is 74.5 Å². The molecule has 2 saturated heterocycles. The number of fused-ring (bicyclic) bond motifs is 2. The van der Waals surface area contributed by atoms with E-state index in [1.807, 2.05) is 91.0 Å². The SMILES string of the molecule is CC(C)CN(Cc1ccc2c(c1)OCO2)C[C@@H](O)[C@H](Cc1ccc(OCc2ccc(-c3ccccc3C#N)cc2)cc1)NC(=O)O[C@H]1CO[C@H]2OCC[C@H]21. The summed E-state index contributed by atoms with van der Waals surface area (Å²) < 4.78 is 34.3. The van der Waals surface area contributed by atoms with Crippen molar-refractivity contribution in [2.24, 2.45) is 11.8 Å². The Kier molecular flexibility index (Phi) is 12.0. The minimum absolute atomic E-state index is 0.00752. The van der Waals surface area contributed by atoms with Crippen LogP contribution in [-0.2, 0) is 33.8 Å². The van der Waals surface area contributed by atoms with E-state index in [9.17, 15) is 15.2 Å². The van der Waals surface area contributed by atoms with Crippen molar-refractivity contribution in [1.82, 2.24) is 10.2 Å². The molecule has 4 aromatic carbocycles. The van der Waals surface area contributed by atoms with Crippen LogP contribution in [-0.4, -0.2) is 73.7 Å². The molecule has 0 aliphatic carbocycles. The molecule has 5 atom stereocenters. The van der Waals surface area contributed by atoms with E-state index in [2.05, 4.69) is 30.1 Å². The molecule has 3 heterocycles. The smallest absolute Gasteiger partial charge is 0.407 e. The van der Waals surface area contributed by atoms with Crippen LogP contribution in [0.3, 0.4) is 0 Å². The Balaban J connectivity index is 1.00. The highest BCUT2D eigenvalue weighted by atomic mass is 16.7. The lowest BCUT2D eigenvalue weighted by molar-refractivity contribution is -0.0907. The molecule has 0 spiro atoms. The molecule has 3 aliphatic rings. The van der Waals surface area contributed by atoms with Crippen LogP contribution in [0.15, 0.2) is 91.0 Å². The first-order valence-electron chi connectivity index (χ1n) is 18.6. The number of aliphatic hydroxyl groups is 1. The van der Waals surface area contributed by atoms with E-state index in [1.165, 1.54) is 0 Å². The maximum absolute atomic E-state index is 13.3. The Morgan fingerprint density at radius 3 is 2.50 bits per heavy atom. The van der Waals surface area contributed by atoms with Gasteiger partial charge in [-0.2, -0.15) is 5.26 Å². The van der Waals surface area contributed by atoms with Gasteiger partial charge >= 0.3 is 6.09 Å². The zero-order chi connectivity index (χ0) is 37.4. The molecule has 4 aromatic rings. The van der Waals surface area contributed by atoms with Crippen LogP contribution in [0.5, 0.6) is 17.2 Å². The number of nitrogens with zero attached hydrogens (tertiary/aromatic N) is 2. The van der Waals surface area contributed by atoms with Crippen molar-refractivity contribution in [2.75, 3.05) is 33.1 Å². The summed E-state index contributed by atoms with van der Waals surface area (Å²) in [6, 6.07) is 30.8. The molecule has 54 heavy (non-hydrogen) atoms. The summed E-state index contributed by atoms with van der Waals surface area (Å²) in [7, 11) is 0. The molecular weight excluding hydrogens is 686 g/mol. The number of ether oxygens (including phenoxy) is 6. The fourth-order valence-electron chi connectivity index (χ4n) is 7.32. The number of carbonyl (C=O) groups is 1. The van der Waals surface area contributed by atoms with Gasteiger partial charge in [-0.15, -0.1) is 0 Å². The monoisotopic (exact) mass is 733 g/mol. The van der Waals surface area contributed by atoms with Crippen LogP contribution in [0.25, 0.3) is 11.1 Å². The Labute approximate surface area is 316 Å². The van der Waals surface area contributed by atoms with Crippen LogP contribution >= 0.6 is 0 Å². The van der Waals surface area contributed by atoms with Crippen molar-refractivity contribution in [3.8, 4) is 34.4 Å². The molecular formula is C43H47N3O8. The van der Waals surface area contributed by atoms with Crippen LogP contribution in [0.4, 0.5) is 4.79 Å². The second-order valence-electron chi connectivity index (χ2n) is 14.6. The van der Waals surface area contributed by atoms with Gasteiger partial charge in [0.2, 0.25) is 6.79 Å². The van der Waals surface area contributed by atoms with E-state index in [1.54, 1.807) is 0 Å². The number of hydrogen-bond donors (Lipinski definition) is 2. The van der Waals surface area contributed by atoms with Gasteiger partial charge in [0.25, 0.3) is 0 Å². The molecule has 3 aliphatic heterocycles. The summed E-state index contributed by atoms with van der Waals surface area (Å²) in [5, 5.41) is 24.3. The number of nitriles is 1. The molecule has 0 aromatic heterocycles. The number of alkyl carbamates (subject to hydrolysis) is 1. The highest BCUT2D eigenvalue weighted by Gasteiger charge is 2.44. The van der Waals surface area contributed by atoms with Crippen molar-refractivity contribution in [2.45, 2.75) is 64.4 Å². The number of nitrogens with one attached hydrogen (secondary N) is 1. The molecule has 2 N–H and O–H groups in total. The first-order chi connectivity index (χ1) is 26.3. The number of aliphatic hydroxyl groups excluding tert-OH is 1. The zero-order valence-electron chi connectivity index (χ0n) is 30.7. The van der Waals surface area contributed by atoms with Gasteiger partial charge in [0, 0.05) is 19.6 Å². The summed E-state index contributed by atoms with van der Waals surface area (Å²) in [5.41, 5.74) is 5.48. The first-order valence-corrected chi connectivity index (χ1v) is 18.6. The van der Waals surface area contributed by atoms with E-state index >= 15 is 0 Å². The van der Waals surface area contributed by atoms with Gasteiger partial charge in [-0.3, -0.25) is 4.90 Å². The highest BCUT2D eigenvalue weighted by molar-refractivity contribution is 5.70. The van der Waals surface area contributed by atoms with Crippen molar-refractivity contribution >= 4 is 6.09 Å². The van der Waals surface area contributed by atoms with E-state index < -0.39 is 24.3 Å². The molecule has 11 heteroatoms. The third-order valence-electron chi connectivity index (χ3n) is 10.0. The maximum Gasteiger partial charge on any atom is 0.407 e. The molecule has 282 valence electrons. The summed E-state index contributed by atoms with van der Waals surface area (Å²) >= 11 is 0. The first kappa shape index (κ1) is 37.2. The lowest BCUT2D eigenvalue weighted by Gasteiger charge is -2.31. The van der Waals surface area contributed by atoms with E-state index in [-0.39, 0.29) is 25.6 Å². The Bertz CT molecular complexity index is 1910. The zero-order valence-corrected chi connectivity index (χ0v) is 30.7. The molecule has 1 amide bonds. The van der Waals surface area contributed by atoms with E-state index in [0.717, 1.165) is 46.5 Å². The highest BCUT2D eigenvalue weighted by Crippen LogP contribution is 2.34. The van der Waals surface area contributed by atoms with Crippen LogP contribution in [0, 0.1) is 23.2 Å². The number of rotatable bonds is 15. The predicted octanol–water partition coefficient (Wildman–Crippen LogP) is 6.45. The van der Waals surface area contributed by atoms with Gasteiger partial charge in [0.05, 0.1) is 42.9 Å². The third kappa shape index (κ3) is 9.32. The number of carbonyl (C=O) groups excluding carboxylic acids is 1. The molecule has 11 nitrogen and oxygen atoms in total. The van der Waals surface area contributed by atoms with Crippen molar-refractivity contribution in [1.29, 1.82) is 5.26 Å². The molecule has 7 rings (SSSR count). The lowest BCUT2D eigenvalue weighted by atomic mass is 9.99. The fraction of sp³-hybridized carbons (Fsp3) is 0.395. The Morgan fingerprint density at radius 1 is 0.944 bits per heavy atom. The lowest BCUT2D eigenvalue weighted by Crippen LogP contribution is -2.50. The van der Waals surface area contributed by atoms with Gasteiger partial charge in [-0.25, -0.2) is 4.79 Å². The number of amides is 1. The average Bonchev–Trinajstić information content (AvgIpc) is 3.93. The molecule has 2 fully saturated rings. The van der Waals surface area contributed by atoms with Crippen LogP contribution < -0.4 is 19.5 Å². The quantitative estimate of drug-likeness (QED) is 0.141. The third-order valence-corrected chi connectivity index (χ3v) is 10.0. The number of benzene rings is 4. The summed E-state index contributed by atoms with van der Waals surface area (Å²) in [6.45, 7) is 7.40. The largest absolute Gasteiger partial charge is 0.489 e. The van der Waals surface area contributed by atoms with Gasteiger partial charge in [0.15, 0.2) is 17.8 Å². The van der Waals surface area contributed by atoms with Crippen LogP contribution in [0.1, 0.15) is 42.5 Å².